The molecule has 0 aliphatic carbocycles. The van der Waals surface area contributed by atoms with Gasteiger partial charge in [0.2, 0.25) is 0 Å². The number of sulfone groups is 1. The van der Waals surface area contributed by atoms with Crippen LogP contribution in [0.3, 0.4) is 0 Å². The molecule has 10 heavy (non-hydrogen) atoms. The van der Waals surface area contributed by atoms with Gasteiger partial charge in [-0.05, 0) is 0 Å². The Morgan fingerprint density at radius 2 is 2.10 bits per heavy atom. The van der Waals surface area contributed by atoms with E-state index < -0.39 is 15.9 Å². The molecule has 1 N–H and O–H groups in total. The van der Waals surface area contributed by atoms with Crippen molar-refractivity contribution in [3.05, 3.63) is 12.7 Å². The molecule has 2 atom stereocenters. The van der Waals surface area contributed by atoms with Crippen molar-refractivity contribution < 1.29 is 13.5 Å². The van der Waals surface area contributed by atoms with E-state index in [4.69, 9.17) is 5.11 Å². The summed E-state index contributed by atoms with van der Waals surface area (Å²) in [5.41, 5.74) is 0. The highest BCUT2D eigenvalue weighted by Crippen LogP contribution is 2.19. The van der Waals surface area contributed by atoms with Crippen LogP contribution in [0, 0.1) is 5.92 Å². The number of hydrogen-bond acceptors (Lipinski definition) is 3. The Bertz CT molecular complexity index is 229. The molecular weight excluding hydrogens is 152 g/mol. The Balaban J connectivity index is 2.80. The largest absolute Gasteiger partial charge is 0.391 e. The van der Waals surface area contributed by atoms with E-state index in [1.165, 1.54) is 6.08 Å². The summed E-state index contributed by atoms with van der Waals surface area (Å²) in [7, 11) is -2.98. The Morgan fingerprint density at radius 1 is 1.50 bits per heavy atom. The lowest BCUT2D eigenvalue weighted by atomic mass is 10.1. The normalized spacial score (nSPS) is 37.7. The number of rotatable bonds is 1. The average Bonchev–Trinajstić information content (AvgIpc) is 2.05. The molecule has 1 aliphatic rings. The van der Waals surface area contributed by atoms with Crippen LogP contribution in [0.5, 0.6) is 0 Å². The maximum absolute atomic E-state index is 10.8. The minimum atomic E-state index is -2.98. The first-order chi connectivity index (χ1) is 4.55. The summed E-state index contributed by atoms with van der Waals surface area (Å²) in [6, 6.07) is 0. The number of hydrogen-bond donors (Lipinski definition) is 1. The van der Waals surface area contributed by atoms with Gasteiger partial charge in [-0.2, -0.15) is 0 Å². The third kappa shape index (κ3) is 1.38. The molecule has 3 nitrogen and oxygen atoms in total. The maximum atomic E-state index is 10.8. The molecule has 58 valence electrons. The minimum absolute atomic E-state index is 0.0532. The lowest BCUT2D eigenvalue weighted by molar-refractivity contribution is 0.171. The van der Waals surface area contributed by atoms with Gasteiger partial charge in [0.15, 0.2) is 9.84 Å². The van der Waals surface area contributed by atoms with Gasteiger partial charge in [-0.15, -0.1) is 6.58 Å². The van der Waals surface area contributed by atoms with E-state index in [1.807, 2.05) is 0 Å². The van der Waals surface area contributed by atoms with Crippen molar-refractivity contribution in [1.82, 2.24) is 0 Å². The van der Waals surface area contributed by atoms with Gasteiger partial charge in [0, 0.05) is 5.92 Å². The van der Waals surface area contributed by atoms with Crippen LogP contribution in [0.1, 0.15) is 0 Å². The third-order valence-corrected chi connectivity index (χ3v) is 3.41. The smallest absolute Gasteiger partial charge is 0.153 e. The molecule has 0 bridgehead atoms. The fourth-order valence-corrected chi connectivity index (χ4v) is 2.93. The monoisotopic (exact) mass is 162 g/mol. The zero-order chi connectivity index (χ0) is 7.78. The zero-order valence-electron chi connectivity index (χ0n) is 5.53. The molecule has 4 heteroatoms. The Labute approximate surface area is 60.3 Å². The highest BCUT2D eigenvalue weighted by Gasteiger charge is 2.34. The Morgan fingerprint density at radius 3 is 2.30 bits per heavy atom. The van der Waals surface area contributed by atoms with Gasteiger partial charge in [-0.3, -0.25) is 0 Å². The van der Waals surface area contributed by atoms with Crippen molar-refractivity contribution in [3.8, 4) is 0 Å². The zero-order valence-corrected chi connectivity index (χ0v) is 6.34. The van der Waals surface area contributed by atoms with E-state index in [0.29, 0.717) is 0 Å². The van der Waals surface area contributed by atoms with Crippen LogP contribution in [0.4, 0.5) is 0 Å². The molecule has 0 aromatic rings. The van der Waals surface area contributed by atoms with Gasteiger partial charge < -0.3 is 5.11 Å². The Kier molecular flexibility index (Phi) is 1.83. The molecule has 0 radical (unpaired) electrons. The molecule has 1 saturated heterocycles. The van der Waals surface area contributed by atoms with Crippen molar-refractivity contribution in [1.29, 1.82) is 0 Å². The topological polar surface area (TPSA) is 54.4 Å². The predicted molar refractivity (Wildman–Crippen MR) is 38.3 cm³/mol. The number of aliphatic hydroxyl groups excluding tert-OH is 1. The van der Waals surface area contributed by atoms with Gasteiger partial charge in [-0.1, -0.05) is 6.08 Å². The summed E-state index contributed by atoms with van der Waals surface area (Å²) in [5.74, 6) is -0.313. The van der Waals surface area contributed by atoms with Crippen LogP contribution in [-0.4, -0.2) is 31.1 Å². The van der Waals surface area contributed by atoms with E-state index in [-0.39, 0.29) is 17.4 Å². The second kappa shape index (κ2) is 2.36. The van der Waals surface area contributed by atoms with Crippen molar-refractivity contribution in [2.75, 3.05) is 11.5 Å². The summed E-state index contributed by atoms with van der Waals surface area (Å²) in [4.78, 5) is 0. The van der Waals surface area contributed by atoms with Gasteiger partial charge in [0.25, 0.3) is 0 Å². The van der Waals surface area contributed by atoms with Gasteiger partial charge in [0.1, 0.15) is 0 Å². The van der Waals surface area contributed by atoms with Crippen LogP contribution in [-0.2, 0) is 9.84 Å². The van der Waals surface area contributed by atoms with Gasteiger partial charge in [-0.25, -0.2) is 8.42 Å². The first kappa shape index (κ1) is 7.75. The van der Waals surface area contributed by atoms with E-state index in [2.05, 4.69) is 6.58 Å². The first-order valence-electron chi connectivity index (χ1n) is 3.06. The van der Waals surface area contributed by atoms with Crippen LogP contribution < -0.4 is 0 Å². The molecule has 0 amide bonds. The molecule has 0 spiro atoms. The van der Waals surface area contributed by atoms with E-state index in [0.717, 1.165) is 0 Å². The molecule has 0 aromatic heterocycles. The first-order valence-corrected chi connectivity index (χ1v) is 4.88. The average molecular weight is 162 g/mol. The highest BCUT2D eigenvalue weighted by atomic mass is 32.2. The molecular formula is C6H10O3S. The van der Waals surface area contributed by atoms with Crippen molar-refractivity contribution in [3.63, 3.8) is 0 Å². The minimum Gasteiger partial charge on any atom is -0.391 e. The lowest BCUT2D eigenvalue weighted by Gasteiger charge is -2.03. The summed E-state index contributed by atoms with van der Waals surface area (Å²) < 4.78 is 21.6. The van der Waals surface area contributed by atoms with Crippen LogP contribution >= 0.6 is 0 Å². The van der Waals surface area contributed by atoms with E-state index >= 15 is 0 Å². The quantitative estimate of drug-likeness (QED) is 0.533. The molecule has 1 rings (SSSR count). The molecule has 1 fully saturated rings. The van der Waals surface area contributed by atoms with Crippen LogP contribution in [0.2, 0.25) is 0 Å². The second-order valence-corrected chi connectivity index (χ2v) is 4.70. The third-order valence-electron chi connectivity index (χ3n) is 1.67. The van der Waals surface area contributed by atoms with Crippen molar-refractivity contribution >= 4 is 9.84 Å². The SMILES string of the molecule is C=C[C@H]1CS(=O)(=O)C[C@H]1O. The predicted octanol–water partition coefficient (Wildman–Crippen LogP) is -0.422. The second-order valence-electron chi connectivity index (χ2n) is 2.54. The van der Waals surface area contributed by atoms with Crippen LogP contribution in [0.25, 0.3) is 0 Å². The molecule has 1 aliphatic heterocycles. The summed E-state index contributed by atoms with van der Waals surface area (Å²) in [6.45, 7) is 3.43. The van der Waals surface area contributed by atoms with E-state index in [1.54, 1.807) is 0 Å². The highest BCUT2D eigenvalue weighted by molar-refractivity contribution is 7.91. The molecule has 0 saturated carbocycles. The van der Waals surface area contributed by atoms with E-state index in [9.17, 15) is 8.42 Å². The molecule has 1 heterocycles. The maximum Gasteiger partial charge on any atom is 0.153 e. The van der Waals surface area contributed by atoms with Crippen molar-refractivity contribution in [2.24, 2.45) is 5.92 Å². The molecule has 0 unspecified atom stereocenters. The standard InChI is InChI=1S/C6H10O3S/c1-2-5-3-10(8,9)4-6(5)7/h2,5-7H,1,3-4H2/t5-,6+/m0/s1. The van der Waals surface area contributed by atoms with Gasteiger partial charge >= 0.3 is 0 Å². The van der Waals surface area contributed by atoms with Crippen molar-refractivity contribution in [2.45, 2.75) is 6.10 Å². The molecule has 0 aromatic carbocycles. The van der Waals surface area contributed by atoms with Gasteiger partial charge in [0.05, 0.1) is 17.6 Å². The van der Waals surface area contributed by atoms with Crippen LogP contribution in [0.15, 0.2) is 12.7 Å². The fourth-order valence-electron chi connectivity index (χ4n) is 1.08. The summed E-state index contributed by atoms with van der Waals surface area (Å²) in [5, 5.41) is 9.07. The summed E-state index contributed by atoms with van der Waals surface area (Å²) in [6.07, 6.45) is 0.761. The number of aliphatic hydroxyl groups is 1. The Hall–Kier alpha value is -0.350. The summed E-state index contributed by atoms with van der Waals surface area (Å²) >= 11 is 0. The lowest BCUT2D eigenvalue weighted by Crippen LogP contribution is -2.14. The fraction of sp³-hybridized carbons (Fsp3) is 0.667.